The number of nitrogens with zero attached hydrogens (tertiary/aromatic N) is 2. The number of halogens is 2. The number of hydrogen-bond donors (Lipinski definition) is 2. The Hall–Kier alpha value is -1.27. The molecule has 0 aliphatic heterocycles. The van der Waals surface area contributed by atoms with Gasteiger partial charge in [-0.05, 0) is 24.5 Å². The van der Waals surface area contributed by atoms with Gasteiger partial charge in [0.1, 0.15) is 5.82 Å². The van der Waals surface area contributed by atoms with Crippen molar-refractivity contribution < 1.29 is 13.9 Å². The molecular formula is C13H19F2N3O. The van der Waals surface area contributed by atoms with Crippen LogP contribution in [0.5, 0.6) is 0 Å². The lowest BCUT2D eigenvalue weighted by Crippen LogP contribution is -2.32. The van der Waals surface area contributed by atoms with E-state index in [9.17, 15) is 8.78 Å². The zero-order valence-corrected chi connectivity index (χ0v) is 10.7. The molecule has 0 unspecified atom stereocenters. The van der Waals surface area contributed by atoms with Gasteiger partial charge in [0.05, 0.1) is 13.2 Å². The Balaban J connectivity index is 1.93. The number of nitrogens with one attached hydrogen (secondary N) is 1. The van der Waals surface area contributed by atoms with Crippen LogP contribution < -0.4 is 10.2 Å². The summed E-state index contributed by atoms with van der Waals surface area (Å²) in [5, 5.41) is 12.3. The van der Waals surface area contributed by atoms with E-state index in [0.717, 1.165) is 12.1 Å². The average molecular weight is 271 g/mol. The molecule has 1 fully saturated rings. The van der Waals surface area contributed by atoms with Gasteiger partial charge in [0, 0.05) is 25.3 Å². The Kier molecular flexibility index (Phi) is 5.04. The largest absolute Gasteiger partial charge is 0.395 e. The van der Waals surface area contributed by atoms with E-state index < -0.39 is 13.0 Å². The van der Waals surface area contributed by atoms with Gasteiger partial charge in [-0.3, -0.25) is 0 Å². The van der Waals surface area contributed by atoms with Gasteiger partial charge in [-0.15, -0.1) is 0 Å². The van der Waals surface area contributed by atoms with Crippen molar-refractivity contribution in [2.45, 2.75) is 31.9 Å². The first-order valence-corrected chi connectivity index (χ1v) is 6.51. The summed E-state index contributed by atoms with van der Waals surface area (Å²) in [4.78, 5) is 5.58. The molecule has 0 saturated heterocycles. The monoisotopic (exact) mass is 271 g/mol. The average Bonchev–Trinajstić information content (AvgIpc) is 3.20. The molecule has 2 N–H and O–H groups in total. The van der Waals surface area contributed by atoms with E-state index in [1.807, 2.05) is 6.07 Å². The van der Waals surface area contributed by atoms with E-state index in [-0.39, 0.29) is 13.2 Å². The Morgan fingerprint density at radius 2 is 2.21 bits per heavy atom. The van der Waals surface area contributed by atoms with Crippen LogP contribution in [-0.4, -0.2) is 42.3 Å². The molecule has 4 nitrogen and oxygen atoms in total. The van der Waals surface area contributed by atoms with Gasteiger partial charge in [0.15, 0.2) is 0 Å². The number of alkyl halides is 2. The first-order valence-electron chi connectivity index (χ1n) is 6.51. The van der Waals surface area contributed by atoms with Crippen molar-refractivity contribution in [3.63, 3.8) is 0 Å². The third-order valence-electron chi connectivity index (χ3n) is 3.03. The molecule has 1 heterocycles. The highest BCUT2D eigenvalue weighted by atomic mass is 19.3. The zero-order chi connectivity index (χ0) is 13.7. The summed E-state index contributed by atoms with van der Waals surface area (Å²) in [5.41, 5.74) is 1.04. The first kappa shape index (κ1) is 14.1. The molecule has 1 aliphatic rings. The van der Waals surface area contributed by atoms with Crippen LogP contribution in [-0.2, 0) is 6.54 Å². The summed E-state index contributed by atoms with van der Waals surface area (Å²) >= 11 is 0. The molecule has 0 radical (unpaired) electrons. The van der Waals surface area contributed by atoms with Crippen LogP contribution in [0.3, 0.4) is 0 Å². The van der Waals surface area contributed by atoms with Crippen molar-refractivity contribution in [2.75, 3.05) is 24.6 Å². The quantitative estimate of drug-likeness (QED) is 0.750. The minimum Gasteiger partial charge on any atom is -0.395 e. The highest BCUT2D eigenvalue weighted by Gasteiger charge is 2.20. The highest BCUT2D eigenvalue weighted by molar-refractivity contribution is 5.39. The van der Waals surface area contributed by atoms with E-state index in [2.05, 4.69) is 10.3 Å². The van der Waals surface area contributed by atoms with Crippen LogP contribution >= 0.6 is 0 Å². The van der Waals surface area contributed by atoms with Gasteiger partial charge in [-0.2, -0.15) is 0 Å². The summed E-state index contributed by atoms with van der Waals surface area (Å²) in [6.45, 7) is 0.344. The van der Waals surface area contributed by atoms with Gasteiger partial charge in [0.2, 0.25) is 0 Å². The topological polar surface area (TPSA) is 48.4 Å². The van der Waals surface area contributed by atoms with Crippen LogP contribution in [0.2, 0.25) is 0 Å². The lowest BCUT2D eigenvalue weighted by atomic mass is 10.2. The second-order valence-electron chi connectivity index (χ2n) is 4.74. The summed E-state index contributed by atoms with van der Waals surface area (Å²) in [5.74, 6) is 0.476. The molecule has 1 aliphatic carbocycles. The number of anilines is 1. The molecule has 19 heavy (non-hydrogen) atoms. The van der Waals surface area contributed by atoms with Crippen molar-refractivity contribution in [1.82, 2.24) is 10.3 Å². The van der Waals surface area contributed by atoms with Gasteiger partial charge >= 0.3 is 0 Å². The third-order valence-corrected chi connectivity index (χ3v) is 3.03. The number of aromatic nitrogens is 1. The number of aliphatic hydroxyl groups excluding tert-OH is 1. The molecule has 1 aromatic heterocycles. The fourth-order valence-corrected chi connectivity index (χ4v) is 1.84. The maximum Gasteiger partial charge on any atom is 0.255 e. The lowest BCUT2D eigenvalue weighted by molar-refractivity contribution is 0.152. The Bertz CT molecular complexity index is 382. The maximum atomic E-state index is 12.4. The fraction of sp³-hybridized carbons (Fsp3) is 0.615. The zero-order valence-electron chi connectivity index (χ0n) is 10.7. The van der Waals surface area contributed by atoms with E-state index in [4.69, 9.17) is 5.11 Å². The number of rotatable bonds is 8. The Morgan fingerprint density at radius 3 is 2.74 bits per heavy atom. The standard InChI is InChI=1S/C13H19F2N3O/c14-12(15)9-18(5-6-19)13-4-1-10(8-17-13)7-16-11-2-3-11/h1,4,8,11-12,16,19H,2-3,5-7,9H2. The summed E-state index contributed by atoms with van der Waals surface area (Å²) in [6, 6.07) is 4.24. The summed E-state index contributed by atoms with van der Waals surface area (Å²) in [6.07, 6.45) is 1.71. The van der Waals surface area contributed by atoms with Crippen LogP contribution in [0.4, 0.5) is 14.6 Å². The van der Waals surface area contributed by atoms with Gasteiger partial charge in [-0.1, -0.05) is 6.07 Å². The van der Waals surface area contributed by atoms with Crippen molar-refractivity contribution in [3.05, 3.63) is 23.9 Å². The predicted molar refractivity (Wildman–Crippen MR) is 69.4 cm³/mol. The molecular weight excluding hydrogens is 252 g/mol. The van der Waals surface area contributed by atoms with E-state index in [1.165, 1.54) is 17.7 Å². The van der Waals surface area contributed by atoms with E-state index in [1.54, 1.807) is 12.3 Å². The van der Waals surface area contributed by atoms with Gasteiger partial charge in [-0.25, -0.2) is 13.8 Å². The maximum absolute atomic E-state index is 12.4. The predicted octanol–water partition coefficient (Wildman–Crippen LogP) is 1.40. The molecule has 1 aromatic rings. The minimum absolute atomic E-state index is 0.164. The fourth-order valence-electron chi connectivity index (χ4n) is 1.84. The van der Waals surface area contributed by atoms with Crippen molar-refractivity contribution in [2.24, 2.45) is 0 Å². The lowest BCUT2D eigenvalue weighted by Gasteiger charge is -2.22. The SMILES string of the molecule is OCCN(CC(F)F)c1ccc(CNC2CC2)cn1. The molecule has 0 spiro atoms. The molecule has 6 heteroatoms. The first-order chi connectivity index (χ1) is 9.19. The van der Waals surface area contributed by atoms with Crippen molar-refractivity contribution >= 4 is 5.82 Å². The van der Waals surface area contributed by atoms with E-state index >= 15 is 0 Å². The molecule has 2 rings (SSSR count). The van der Waals surface area contributed by atoms with Crippen LogP contribution in [0.1, 0.15) is 18.4 Å². The second kappa shape index (κ2) is 6.77. The second-order valence-corrected chi connectivity index (χ2v) is 4.74. The van der Waals surface area contributed by atoms with Crippen LogP contribution in [0, 0.1) is 0 Å². The van der Waals surface area contributed by atoms with Crippen LogP contribution in [0.25, 0.3) is 0 Å². The number of pyridine rings is 1. The van der Waals surface area contributed by atoms with E-state index in [0.29, 0.717) is 11.9 Å². The van der Waals surface area contributed by atoms with Crippen molar-refractivity contribution in [1.29, 1.82) is 0 Å². The molecule has 0 atom stereocenters. The molecule has 0 bridgehead atoms. The summed E-state index contributed by atoms with van der Waals surface area (Å²) in [7, 11) is 0. The van der Waals surface area contributed by atoms with Crippen LogP contribution in [0.15, 0.2) is 18.3 Å². The Labute approximate surface area is 111 Å². The number of hydrogen-bond acceptors (Lipinski definition) is 4. The minimum atomic E-state index is -2.44. The highest BCUT2D eigenvalue weighted by Crippen LogP contribution is 2.19. The summed E-state index contributed by atoms with van der Waals surface area (Å²) < 4.78 is 24.9. The third kappa shape index (κ3) is 4.72. The Morgan fingerprint density at radius 1 is 1.42 bits per heavy atom. The smallest absolute Gasteiger partial charge is 0.255 e. The van der Waals surface area contributed by atoms with Gasteiger partial charge in [0.25, 0.3) is 6.43 Å². The molecule has 106 valence electrons. The van der Waals surface area contributed by atoms with Gasteiger partial charge < -0.3 is 15.3 Å². The normalized spacial score (nSPS) is 14.9. The molecule has 0 aromatic carbocycles. The molecule has 1 saturated carbocycles. The molecule has 0 amide bonds. The number of aliphatic hydroxyl groups is 1. The van der Waals surface area contributed by atoms with Crippen molar-refractivity contribution in [3.8, 4) is 0 Å².